The van der Waals surface area contributed by atoms with Crippen LogP contribution in [0.2, 0.25) is 0 Å². The number of nitrogens with two attached hydrogens (primary N) is 1. The molecule has 1 aromatic carbocycles. The van der Waals surface area contributed by atoms with Crippen molar-refractivity contribution in [1.82, 2.24) is 9.21 Å². The summed E-state index contributed by atoms with van der Waals surface area (Å²) in [6.07, 6.45) is 1.39. The number of nitrogens with zero attached hydrogens (tertiary/aromatic N) is 2. The van der Waals surface area contributed by atoms with E-state index in [1.807, 2.05) is 0 Å². The number of carbonyl (C=O) groups is 1. The lowest BCUT2D eigenvalue weighted by Crippen LogP contribution is -2.50. The van der Waals surface area contributed by atoms with Crippen LogP contribution < -0.4 is 5.73 Å². The minimum atomic E-state index is -3.52. The summed E-state index contributed by atoms with van der Waals surface area (Å²) in [5, 5.41) is 0. The molecule has 24 heavy (non-hydrogen) atoms. The Hall–Kier alpha value is -2.16. The van der Waals surface area contributed by atoms with Gasteiger partial charge >= 0.3 is 0 Å². The van der Waals surface area contributed by atoms with Gasteiger partial charge in [0.05, 0.1) is 17.0 Å². The lowest BCUT2D eigenvalue weighted by atomic mass is 10.2. The van der Waals surface area contributed by atoms with Crippen LogP contribution in [0.4, 0.5) is 0 Å². The van der Waals surface area contributed by atoms with Crippen LogP contribution in [0.25, 0.3) is 0 Å². The highest BCUT2D eigenvalue weighted by Crippen LogP contribution is 2.18. The molecule has 0 saturated carbocycles. The summed E-state index contributed by atoms with van der Waals surface area (Å²) in [4.78, 5) is 14.3. The molecule has 2 aromatic rings. The van der Waals surface area contributed by atoms with Crippen LogP contribution >= 0.6 is 0 Å². The van der Waals surface area contributed by atoms with E-state index in [2.05, 4.69) is 0 Å². The van der Waals surface area contributed by atoms with Gasteiger partial charge < -0.3 is 15.1 Å². The lowest BCUT2D eigenvalue weighted by molar-refractivity contribution is 0.0697. The SMILES string of the molecule is NCc1cc(C(=O)N2CCN(S(=O)(=O)c3ccccc3)CC2)co1. The molecule has 0 bridgehead atoms. The Morgan fingerprint density at radius 2 is 1.79 bits per heavy atom. The third kappa shape index (κ3) is 3.21. The molecule has 0 unspecified atom stereocenters. The van der Waals surface area contributed by atoms with Gasteiger partial charge in [0.25, 0.3) is 5.91 Å². The molecular weight excluding hydrogens is 330 g/mol. The maximum Gasteiger partial charge on any atom is 0.257 e. The van der Waals surface area contributed by atoms with Gasteiger partial charge in [0.1, 0.15) is 12.0 Å². The monoisotopic (exact) mass is 349 g/mol. The molecule has 1 fully saturated rings. The van der Waals surface area contributed by atoms with Crippen molar-refractivity contribution in [1.29, 1.82) is 0 Å². The van der Waals surface area contributed by atoms with E-state index in [1.54, 1.807) is 41.3 Å². The molecule has 0 aliphatic carbocycles. The predicted molar refractivity (Wildman–Crippen MR) is 87.7 cm³/mol. The molecular formula is C16H19N3O4S. The zero-order valence-corrected chi connectivity index (χ0v) is 13.9. The average molecular weight is 349 g/mol. The summed E-state index contributed by atoms with van der Waals surface area (Å²) in [5.74, 6) is 0.374. The Bertz CT molecular complexity index is 809. The van der Waals surface area contributed by atoms with Gasteiger partial charge in [0.15, 0.2) is 0 Å². The van der Waals surface area contributed by atoms with Crippen molar-refractivity contribution in [2.24, 2.45) is 5.73 Å². The van der Waals surface area contributed by atoms with Gasteiger partial charge in [-0.25, -0.2) is 8.42 Å². The second kappa shape index (κ2) is 6.76. The highest BCUT2D eigenvalue weighted by molar-refractivity contribution is 7.89. The number of furan rings is 1. The van der Waals surface area contributed by atoms with Gasteiger partial charge in [-0.1, -0.05) is 18.2 Å². The van der Waals surface area contributed by atoms with Crippen LogP contribution in [-0.2, 0) is 16.6 Å². The molecule has 1 aromatic heterocycles. The first kappa shape index (κ1) is 16.7. The minimum absolute atomic E-state index is 0.171. The van der Waals surface area contributed by atoms with Gasteiger partial charge in [-0.3, -0.25) is 4.79 Å². The molecule has 1 amide bonds. The molecule has 0 spiro atoms. The van der Waals surface area contributed by atoms with Gasteiger partial charge in [0, 0.05) is 26.2 Å². The first-order chi connectivity index (χ1) is 11.5. The van der Waals surface area contributed by atoms with Gasteiger partial charge in [-0.05, 0) is 18.2 Å². The number of rotatable bonds is 4. The maximum atomic E-state index is 12.6. The third-order valence-electron chi connectivity index (χ3n) is 4.01. The number of hydrogen-bond acceptors (Lipinski definition) is 5. The van der Waals surface area contributed by atoms with E-state index in [0.29, 0.717) is 24.4 Å². The van der Waals surface area contributed by atoms with Crippen LogP contribution in [0, 0.1) is 0 Å². The van der Waals surface area contributed by atoms with Crippen molar-refractivity contribution in [3.8, 4) is 0 Å². The van der Waals surface area contributed by atoms with Crippen molar-refractivity contribution in [3.63, 3.8) is 0 Å². The molecule has 2 N–H and O–H groups in total. The molecule has 1 saturated heterocycles. The summed E-state index contributed by atoms with van der Waals surface area (Å²) in [6.45, 7) is 1.45. The van der Waals surface area contributed by atoms with Crippen LogP contribution in [0.15, 0.2) is 52.0 Å². The normalized spacial score (nSPS) is 16.3. The molecule has 1 aliphatic rings. The van der Waals surface area contributed by atoms with Crippen LogP contribution in [0.1, 0.15) is 16.1 Å². The van der Waals surface area contributed by atoms with Crippen molar-refractivity contribution < 1.29 is 17.6 Å². The second-order valence-electron chi connectivity index (χ2n) is 5.52. The average Bonchev–Trinajstić information content (AvgIpc) is 3.11. The first-order valence-corrected chi connectivity index (χ1v) is 9.08. The Kier molecular flexibility index (Phi) is 4.70. The number of sulfonamides is 1. The smallest absolute Gasteiger partial charge is 0.257 e. The predicted octanol–water partition coefficient (Wildman–Crippen LogP) is 0.885. The molecule has 0 atom stereocenters. The van der Waals surface area contributed by atoms with E-state index in [0.717, 1.165) is 0 Å². The lowest BCUT2D eigenvalue weighted by Gasteiger charge is -2.33. The summed E-state index contributed by atoms with van der Waals surface area (Å²) >= 11 is 0. The number of carbonyl (C=O) groups excluding carboxylic acids is 1. The minimum Gasteiger partial charge on any atom is -0.467 e. The summed E-state index contributed by atoms with van der Waals surface area (Å²) in [5.41, 5.74) is 5.91. The Morgan fingerprint density at radius 3 is 2.38 bits per heavy atom. The molecule has 8 heteroatoms. The molecule has 128 valence electrons. The second-order valence-corrected chi connectivity index (χ2v) is 7.45. The Labute approximate surface area is 140 Å². The zero-order valence-electron chi connectivity index (χ0n) is 13.1. The number of hydrogen-bond donors (Lipinski definition) is 1. The standard InChI is InChI=1S/C16H19N3O4S/c17-11-14-10-13(12-23-14)16(20)18-6-8-19(9-7-18)24(21,22)15-4-2-1-3-5-15/h1-5,10,12H,6-9,11,17H2. The van der Waals surface area contributed by atoms with E-state index < -0.39 is 10.0 Å². The maximum absolute atomic E-state index is 12.6. The highest BCUT2D eigenvalue weighted by Gasteiger charge is 2.30. The summed E-state index contributed by atoms with van der Waals surface area (Å²) < 4.78 is 31.7. The highest BCUT2D eigenvalue weighted by atomic mass is 32.2. The van der Waals surface area contributed by atoms with Crippen molar-refractivity contribution in [2.75, 3.05) is 26.2 Å². The van der Waals surface area contributed by atoms with E-state index >= 15 is 0 Å². The fraction of sp³-hybridized carbons (Fsp3) is 0.312. The fourth-order valence-corrected chi connectivity index (χ4v) is 4.10. The van der Waals surface area contributed by atoms with E-state index in [1.165, 1.54) is 10.6 Å². The molecule has 2 heterocycles. The van der Waals surface area contributed by atoms with Crippen LogP contribution in [-0.4, -0.2) is 49.7 Å². The Morgan fingerprint density at radius 1 is 1.12 bits per heavy atom. The van der Waals surface area contributed by atoms with Crippen LogP contribution in [0.5, 0.6) is 0 Å². The third-order valence-corrected chi connectivity index (χ3v) is 5.92. The topological polar surface area (TPSA) is 96.9 Å². The molecule has 1 aliphatic heterocycles. The van der Waals surface area contributed by atoms with Crippen LogP contribution in [0.3, 0.4) is 0 Å². The fourth-order valence-electron chi connectivity index (χ4n) is 2.66. The molecule has 3 rings (SSSR count). The van der Waals surface area contributed by atoms with Gasteiger partial charge in [-0.2, -0.15) is 4.31 Å². The van der Waals surface area contributed by atoms with E-state index in [4.69, 9.17) is 10.2 Å². The Balaban J connectivity index is 1.66. The van der Waals surface area contributed by atoms with Gasteiger partial charge in [0.2, 0.25) is 10.0 Å². The number of benzene rings is 1. The number of piperazine rings is 1. The zero-order chi connectivity index (χ0) is 17.2. The quantitative estimate of drug-likeness (QED) is 0.884. The molecule has 0 radical (unpaired) electrons. The first-order valence-electron chi connectivity index (χ1n) is 7.64. The van der Waals surface area contributed by atoms with Crippen molar-refractivity contribution >= 4 is 15.9 Å². The largest absolute Gasteiger partial charge is 0.467 e. The van der Waals surface area contributed by atoms with E-state index in [-0.39, 0.29) is 30.4 Å². The summed E-state index contributed by atoms with van der Waals surface area (Å²) in [6, 6.07) is 9.94. The van der Waals surface area contributed by atoms with Crippen molar-refractivity contribution in [2.45, 2.75) is 11.4 Å². The van der Waals surface area contributed by atoms with Crippen molar-refractivity contribution in [3.05, 3.63) is 54.0 Å². The number of amides is 1. The molecule has 7 nitrogen and oxygen atoms in total. The van der Waals surface area contributed by atoms with Gasteiger partial charge in [-0.15, -0.1) is 0 Å². The summed E-state index contributed by atoms with van der Waals surface area (Å²) in [7, 11) is -3.52. The van der Waals surface area contributed by atoms with E-state index in [9.17, 15) is 13.2 Å².